The van der Waals surface area contributed by atoms with E-state index in [2.05, 4.69) is 10.2 Å². The van der Waals surface area contributed by atoms with Crippen LogP contribution in [0.1, 0.15) is 12.0 Å². The van der Waals surface area contributed by atoms with Gasteiger partial charge >= 0.3 is 0 Å². The van der Waals surface area contributed by atoms with E-state index in [1.54, 1.807) is 6.07 Å². The Morgan fingerprint density at radius 2 is 2.00 bits per heavy atom. The predicted molar refractivity (Wildman–Crippen MR) is 51.1 cm³/mol. The highest BCUT2D eigenvalue weighted by Crippen LogP contribution is 2.16. The molecule has 0 saturated carbocycles. The Morgan fingerprint density at radius 1 is 1.25 bits per heavy atom. The van der Waals surface area contributed by atoms with Crippen LogP contribution < -0.4 is 0 Å². The SMILES string of the molecule is ClCCCc1cc(Cl)nnc1Cl. The second kappa shape index (κ2) is 4.85. The molecule has 0 amide bonds. The summed E-state index contributed by atoms with van der Waals surface area (Å²) < 4.78 is 0. The molecule has 1 heterocycles. The van der Waals surface area contributed by atoms with Crippen molar-refractivity contribution >= 4 is 34.8 Å². The molecule has 0 radical (unpaired) electrons. The fourth-order valence-electron chi connectivity index (χ4n) is 0.821. The van der Waals surface area contributed by atoms with Crippen molar-refractivity contribution in [1.82, 2.24) is 10.2 Å². The van der Waals surface area contributed by atoms with Crippen molar-refractivity contribution in [2.24, 2.45) is 0 Å². The predicted octanol–water partition coefficient (Wildman–Crippen LogP) is 2.95. The van der Waals surface area contributed by atoms with E-state index in [9.17, 15) is 0 Å². The van der Waals surface area contributed by atoms with Gasteiger partial charge in [-0.2, -0.15) is 0 Å². The quantitative estimate of drug-likeness (QED) is 0.739. The van der Waals surface area contributed by atoms with Crippen LogP contribution in [0.25, 0.3) is 0 Å². The molecule has 0 fully saturated rings. The molecule has 1 aromatic heterocycles. The lowest BCUT2D eigenvalue weighted by molar-refractivity contribution is 0.898. The number of rotatable bonds is 3. The summed E-state index contributed by atoms with van der Waals surface area (Å²) in [5, 5.41) is 8.04. The first-order valence-electron chi connectivity index (χ1n) is 3.47. The zero-order valence-corrected chi connectivity index (χ0v) is 8.49. The zero-order chi connectivity index (χ0) is 8.97. The smallest absolute Gasteiger partial charge is 0.137 e. The van der Waals surface area contributed by atoms with Crippen LogP contribution in [0.2, 0.25) is 10.3 Å². The second-order valence-corrected chi connectivity index (χ2v) is 3.40. The van der Waals surface area contributed by atoms with Gasteiger partial charge in [-0.15, -0.1) is 21.8 Å². The Hall–Kier alpha value is -0.0500. The average molecular weight is 226 g/mol. The molecule has 5 heteroatoms. The summed E-state index contributed by atoms with van der Waals surface area (Å²) in [4.78, 5) is 0. The Morgan fingerprint density at radius 3 is 2.67 bits per heavy atom. The molecule has 0 aromatic carbocycles. The minimum Gasteiger partial charge on any atom is -0.137 e. The summed E-state index contributed by atoms with van der Waals surface area (Å²) >= 11 is 16.9. The molecule has 0 aliphatic rings. The van der Waals surface area contributed by atoms with Gasteiger partial charge in [0.05, 0.1) is 0 Å². The summed E-state index contributed by atoms with van der Waals surface area (Å²) in [6, 6.07) is 1.71. The van der Waals surface area contributed by atoms with Crippen LogP contribution >= 0.6 is 34.8 Å². The average Bonchev–Trinajstić information content (AvgIpc) is 2.07. The summed E-state index contributed by atoms with van der Waals surface area (Å²) in [6.07, 6.45) is 1.65. The lowest BCUT2D eigenvalue weighted by Crippen LogP contribution is -1.93. The van der Waals surface area contributed by atoms with Gasteiger partial charge in [0.25, 0.3) is 0 Å². The molecule has 0 aliphatic carbocycles. The van der Waals surface area contributed by atoms with Crippen LogP contribution in [0, 0.1) is 0 Å². The van der Waals surface area contributed by atoms with Gasteiger partial charge in [-0.1, -0.05) is 23.2 Å². The largest absolute Gasteiger partial charge is 0.155 e. The molecular formula is C7H7Cl3N2. The topological polar surface area (TPSA) is 25.8 Å². The van der Waals surface area contributed by atoms with Crippen molar-refractivity contribution in [1.29, 1.82) is 0 Å². The summed E-state index contributed by atoms with van der Waals surface area (Å²) in [5.74, 6) is 0.607. The van der Waals surface area contributed by atoms with Crippen LogP contribution in [0.3, 0.4) is 0 Å². The van der Waals surface area contributed by atoms with E-state index >= 15 is 0 Å². The summed E-state index contributed by atoms with van der Waals surface area (Å²) in [5.41, 5.74) is 0.900. The minimum absolute atomic E-state index is 0.365. The third-order valence-corrected chi connectivity index (χ3v) is 2.14. The summed E-state index contributed by atoms with van der Waals surface area (Å²) in [6.45, 7) is 0. The maximum absolute atomic E-state index is 5.76. The van der Waals surface area contributed by atoms with E-state index in [1.165, 1.54) is 0 Å². The van der Waals surface area contributed by atoms with Crippen molar-refractivity contribution in [3.63, 3.8) is 0 Å². The number of aromatic nitrogens is 2. The van der Waals surface area contributed by atoms with Crippen molar-refractivity contribution in [2.75, 3.05) is 5.88 Å². The maximum atomic E-state index is 5.76. The van der Waals surface area contributed by atoms with Gasteiger partial charge in [0.15, 0.2) is 10.3 Å². The normalized spacial score (nSPS) is 10.2. The molecule has 1 rings (SSSR count). The third kappa shape index (κ3) is 2.77. The highest BCUT2D eigenvalue weighted by atomic mass is 35.5. The highest BCUT2D eigenvalue weighted by Gasteiger charge is 2.02. The van der Waals surface area contributed by atoms with E-state index in [4.69, 9.17) is 34.8 Å². The number of halogens is 3. The van der Waals surface area contributed by atoms with Gasteiger partial charge in [0.1, 0.15) is 0 Å². The van der Waals surface area contributed by atoms with Crippen molar-refractivity contribution in [2.45, 2.75) is 12.8 Å². The van der Waals surface area contributed by atoms with Crippen LogP contribution in [0.15, 0.2) is 6.07 Å². The van der Waals surface area contributed by atoms with Gasteiger partial charge < -0.3 is 0 Å². The first-order valence-corrected chi connectivity index (χ1v) is 4.76. The second-order valence-electron chi connectivity index (χ2n) is 2.28. The van der Waals surface area contributed by atoms with E-state index in [0.29, 0.717) is 16.2 Å². The highest BCUT2D eigenvalue weighted by molar-refractivity contribution is 6.31. The fraction of sp³-hybridized carbons (Fsp3) is 0.429. The molecule has 0 N–H and O–H groups in total. The Bertz CT molecular complexity index is 265. The molecule has 0 atom stereocenters. The zero-order valence-electron chi connectivity index (χ0n) is 6.23. The number of aryl methyl sites for hydroxylation is 1. The van der Waals surface area contributed by atoms with Gasteiger partial charge in [0.2, 0.25) is 0 Å². The first kappa shape index (κ1) is 10.0. The first-order chi connectivity index (χ1) is 5.74. The Kier molecular flexibility index (Phi) is 4.06. The number of nitrogens with zero attached hydrogens (tertiary/aromatic N) is 2. The molecule has 12 heavy (non-hydrogen) atoms. The monoisotopic (exact) mass is 224 g/mol. The van der Waals surface area contributed by atoms with Crippen LogP contribution in [-0.2, 0) is 6.42 Å². The lowest BCUT2D eigenvalue weighted by atomic mass is 10.2. The molecule has 0 saturated heterocycles. The van der Waals surface area contributed by atoms with E-state index in [-0.39, 0.29) is 0 Å². The molecule has 66 valence electrons. The number of hydrogen-bond donors (Lipinski definition) is 0. The van der Waals surface area contributed by atoms with Gasteiger partial charge in [-0.3, -0.25) is 0 Å². The maximum Gasteiger partial charge on any atom is 0.155 e. The molecular weight excluding hydrogens is 218 g/mol. The standard InChI is InChI=1S/C7H7Cl3N2/c8-3-1-2-5-4-6(9)11-12-7(5)10/h4H,1-3H2. The third-order valence-electron chi connectivity index (χ3n) is 1.37. The van der Waals surface area contributed by atoms with Crippen LogP contribution in [-0.4, -0.2) is 16.1 Å². The van der Waals surface area contributed by atoms with Crippen molar-refractivity contribution < 1.29 is 0 Å². The van der Waals surface area contributed by atoms with Crippen molar-refractivity contribution in [3.8, 4) is 0 Å². The van der Waals surface area contributed by atoms with E-state index in [0.717, 1.165) is 18.4 Å². The van der Waals surface area contributed by atoms with E-state index in [1.807, 2.05) is 0 Å². The van der Waals surface area contributed by atoms with Gasteiger partial charge in [-0.05, 0) is 24.5 Å². The van der Waals surface area contributed by atoms with E-state index < -0.39 is 0 Å². The molecule has 1 aromatic rings. The fourth-order valence-corrected chi connectivity index (χ4v) is 1.31. The van der Waals surface area contributed by atoms with Crippen LogP contribution in [0.5, 0.6) is 0 Å². The Balaban J connectivity index is 2.75. The number of alkyl halides is 1. The summed E-state index contributed by atoms with van der Waals surface area (Å²) in [7, 11) is 0. The number of hydrogen-bond acceptors (Lipinski definition) is 2. The molecule has 0 bridgehead atoms. The van der Waals surface area contributed by atoms with Gasteiger partial charge in [0, 0.05) is 5.88 Å². The minimum atomic E-state index is 0.365. The molecule has 0 unspecified atom stereocenters. The van der Waals surface area contributed by atoms with Crippen LogP contribution in [0.4, 0.5) is 0 Å². The van der Waals surface area contributed by atoms with Gasteiger partial charge in [-0.25, -0.2) is 0 Å². The lowest BCUT2D eigenvalue weighted by Gasteiger charge is -2.00. The van der Waals surface area contributed by atoms with Crippen molar-refractivity contribution in [3.05, 3.63) is 21.9 Å². The molecule has 0 spiro atoms. The molecule has 2 nitrogen and oxygen atoms in total. The Labute approximate surface area is 85.8 Å². The molecule has 0 aliphatic heterocycles.